The van der Waals surface area contributed by atoms with Gasteiger partial charge in [-0.1, -0.05) is 55.1 Å². The molecule has 0 heterocycles. The molecule has 1 aliphatic rings. The first-order valence-electron chi connectivity index (χ1n) is 14.2. The molecule has 0 radical (unpaired) electrons. The molecule has 4 rings (SSSR count). The van der Waals surface area contributed by atoms with Gasteiger partial charge in [-0.3, -0.25) is 13.9 Å². The van der Waals surface area contributed by atoms with E-state index in [0.29, 0.717) is 16.5 Å². The first-order chi connectivity index (χ1) is 20.1. The Morgan fingerprint density at radius 2 is 1.69 bits per heavy atom. The number of sulfonamides is 1. The highest BCUT2D eigenvalue weighted by Crippen LogP contribution is 2.27. The topological polar surface area (TPSA) is 96.0 Å². The second-order valence-electron chi connectivity index (χ2n) is 10.7. The van der Waals surface area contributed by atoms with Crippen molar-refractivity contribution >= 4 is 39.1 Å². The van der Waals surface area contributed by atoms with Gasteiger partial charge in [0, 0.05) is 17.6 Å². The molecule has 0 saturated heterocycles. The molecule has 1 aliphatic carbocycles. The van der Waals surface area contributed by atoms with Gasteiger partial charge >= 0.3 is 0 Å². The van der Waals surface area contributed by atoms with Gasteiger partial charge in [0.05, 0.1) is 17.7 Å². The van der Waals surface area contributed by atoms with Crippen LogP contribution in [-0.2, 0) is 26.2 Å². The zero-order valence-corrected chi connectivity index (χ0v) is 25.8. The molecule has 1 atom stereocenters. The van der Waals surface area contributed by atoms with Crippen LogP contribution in [0.2, 0.25) is 5.02 Å². The van der Waals surface area contributed by atoms with Crippen LogP contribution in [0.3, 0.4) is 0 Å². The Labute approximate surface area is 253 Å². The van der Waals surface area contributed by atoms with Crippen LogP contribution in [0.4, 0.5) is 5.69 Å². The molecule has 8 nitrogen and oxygen atoms in total. The maximum absolute atomic E-state index is 14.1. The van der Waals surface area contributed by atoms with Crippen molar-refractivity contribution in [3.63, 3.8) is 0 Å². The van der Waals surface area contributed by atoms with E-state index < -0.39 is 28.5 Å². The quantitative estimate of drug-likeness (QED) is 0.299. The van der Waals surface area contributed by atoms with Crippen molar-refractivity contribution in [3.05, 3.63) is 88.9 Å². The Balaban J connectivity index is 1.68. The van der Waals surface area contributed by atoms with Gasteiger partial charge in [-0.15, -0.1) is 0 Å². The second kappa shape index (κ2) is 14.1. The smallest absolute Gasteiger partial charge is 0.264 e. The van der Waals surface area contributed by atoms with Crippen LogP contribution in [0.15, 0.2) is 77.7 Å². The molecular formula is C32H38ClN3O5S. The van der Waals surface area contributed by atoms with Gasteiger partial charge in [0.2, 0.25) is 11.8 Å². The number of anilines is 1. The summed E-state index contributed by atoms with van der Waals surface area (Å²) in [6.07, 6.45) is 5.07. The molecule has 3 aromatic rings. The van der Waals surface area contributed by atoms with E-state index in [4.69, 9.17) is 16.3 Å². The van der Waals surface area contributed by atoms with Crippen molar-refractivity contribution in [2.75, 3.05) is 18.0 Å². The van der Waals surface area contributed by atoms with E-state index in [1.807, 2.05) is 25.1 Å². The number of amides is 2. The molecule has 3 aromatic carbocycles. The monoisotopic (exact) mass is 611 g/mol. The summed E-state index contributed by atoms with van der Waals surface area (Å²) in [6.45, 7) is 3.13. The minimum atomic E-state index is -4.16. The van der Waals surface area contributed by atoms with E-state index in [9.17, 15) is 18.0 Å². The van der Waals surface area contributed by atoms with E-state index in [0.717, 1.165) is 47.5 Å². The maximum atomic E-state index is 14.1. The average molecular weight is 612 g/mol. The van der Waals surface area contributed by atoms with Gasteiger partial charge < -0.3 is 15.0 Å². The number of aryl methyl sites for hydroxylation is 1. The number of carbonyl (C=O) groups is 2. The number of methoxy groups -OCH3 is 1. The van der Waals surface area contributed by atoms with E-state index in [1.165, 1.54) is 29.2 Å². The third kappa shape index (κ3) is 7.83. The van der Waals surface area contributed by atoms with Crippen molar-refractivity contribution in [3.8, 4) is 5.75 Å². The van der Waals surface area contributed by atoms with Crippen LogP contribution in [-0.4, -0.2) is 50.9 Å². The highest BCUT2D eigenvalue weighted by Gasteiger charge is 2.33. The SMILES string of the molecule is COc1cccc(CN(C(=O)CN(c2cccc(C)c2)S(=O)(=O)c2ccc(Cl)cc2)[C@H](C)C(=O)NC2CCCCC2)c1. The van der Waals surface area contributed by atoms with Crippen molar-refractivity contribution in [1.82, 2.24) is 10.2 Å². The molecule has 42 heavy (non-hydrogen) atoms. The predicted octanol–water partition coefficient (Wildman–Crippen LogP) is 5.72. The molecule has 0 unspecified atom stereocenters. The van der Waals surface area contributed by atoms with Gasteiger partial charge in [0.15, 0.2) is 0 Å². The number of carbonyl (C=O) groups excluding carboxylic acids is 2. The van der Waals surface area contributed by atoms with Gasteiger partial charge in [0.25, 0.3) is 10.0 Å². The van der Waals surface area contributed by atoms with E-state index >= 15 is 0 Å². The summed E-state index contributed by atoms with van der Waals surface area (Å²) in [5.41, 5.74) is 1.94. The normalized spacial score (nSPS) is 14.6. The minimum absolute atomic E-state index is 0.00337. The van der Waals surface area contributed by atoms with Crippen molar-refractivity contribution < 1.29 is 22.7 Å². The van der Waals surface area contributed by atoms with E-state index in [-0.39, 0.29) is 23.4 Å². The fourth-order valence-corrected chi connectivity index (χ4v) is 6.70. The molecule has 0 aliphatic heterocycles. The molecule has 1 saturated carbocycles. The number of nitrogens with zero attached hydrogens (tertiary/aromatic N) is 2. The van der Waals surface area contributed by atoms with Gasteiger partial charge in [-0.2, -0.15) is 0 Å². The van der Waals surface area contributed by atoms with Gasteiger partial charge in [-0.05, 0) is 86.3 Å². The van der Waals surface area contributed by atoms with Gasteiger partial charge in [-0.25, -0.2) is 8.42 Å². The molecule has 0 bridgehead atoms. The fourth-order valence-electron chi connectivity index (χ4n) is 5.16. The number of benzene rings is 3. The predicted molar refractivity (Wildman–Crippen MR) is 165 cm³/mol. The van der Waals surface area contributed by atoms with E-state index in [2.05, 4.69) is 5.32 Å². The van der Waals surface area contributed by atoms with Crippen molar-refractivity contribution in [1.29, 1.82) is 0 Å². The number of nitrogens with one attached hydrogen (secondary N) is 1. The minimum Gasteiger partial charge on any atom is -0.497 e. The summed E-state index contributed by atoms with van der Waals surface area (Å²) in [6, 6.07) is 19.3. The Kier molecular flexibility index (Phi) is 10.5. The third-order valence-corrected chi connectivity index (χ3v) is 9.62. The standard InChI is InChI=1S/C32H38ClN3O5S/c1-23-9-7-13-28(19-23)36(42(39,40)30-17-15-26(33)16-18-30)22-31(37)35(21-25-10-8-14-29(20-25)41-3)24(2)32(38)34-27-11-5-4-6-12-27/h7-10,13-20,24,27H,4-6,11-12,21-22H2,1-3H3,(H,34,38)/t24-/m1/s1. The fraction of sp³-hybridized carbons (Fsp3) is 0.375. The van der Waals surface area contributed by atoms with Crippen molar-refractivity contribution in [2.45, 2.75) is 69.5 Å². The molecule has 1 N–H and O–H groups in total. The highest BCUT2D eigenvalue weighted by molar-refractivity contribution is 7.92. The van der Waals surface area contributed by atoms with E-state index in [1.54, 1.807) is 44.4 Å². The summed E-state index contributed by atoms with van der Waals surface area (Å²) in [5.74, 6) is -0.158. The largest absolute Gasteiger partial charge is 0.497 e. The first-order valence-corrected chi connectivity index (χ1v) is 16.0. The summed E-state index contributed by atoms with van der Waals surface area (Å²) in [4.78, 5) is 29.0. The van der Waals surface area contributed by atoms with Gasteiger partial charge in [0.1, 0.15) is 18.3 Å². The zero-order valence-electron chi connectivity index (χ0n) is 24.3. The molecule has 1 fully saturated rings. The van der Waals surface area contributed by atoms with Crippen LogP contribution < -0.4 is 14.4 Å². The lowest BCUT2D eigenvalue weighted by molar-refractivity contribution is -0.139. The Morgan fingerprint density at radius 1 is 1.00 bits per heavy atom. The third-order valence-electron chi connectivity index (χ3n) is 7.58. The van der Waals surface area contributed by atoms with Crippen LogP contribution in [0, 0.1) is 6.92 Å². The number of hydrogen-bond acceptors (Lipinski definition) is 5. The summed E-state index contributed by atoms with van der Waals surface area (Å²) in [7, 11) is -2.60. The molecule has 10 heteroatoms. The molecule has 2 amide bonds. The number of halogens is 1. The van der Waals surface area contributed by atoms with Crippen LogP contribution in [0.25, 0.3) is 0 Å². The van der Waals surface area contributed by atoms with Crippen LogP contribution in [0.1, 0.15) is 50.2 Å². The van der Waals surface area contributed by atoms with Crippen molar-refractivity contribution in [2.24, 2.45) is 0 Å². The highest BCUT2D eigenvalue weighted by atomic mass is 35.5. The molecule has 0 aromatic heterocycles. The number of hydrogen-bond donors (Lipinski definition) is 1. The van der Waals surface area contributed by atoms with Crippen LogP contribution >= 0.6 is 11.6 Å². The Bertz CT molecular complexity index is 1490. The van der Waals surface area contributed by atoms with Crippen LogP contribution in [0.5, 0.6) is 5.75 Å². The Morgan fingerprint density at radius 3 is 2.36 bits per heavy atom. The lowest BCUT2D eigenvalue weighted by Gasteiger charge is -2.33. The lowest BCUT2D eigenvalue weighted by Crippen LogP contribution is -2.53. The second-order valence-corrected chi connectivity index (χ2v) is 13.0. The first kappa shape index (κ1) is 31.4. The summed E-state index contributed by atoms with van der Waals surface area (Å²) >= 11 is 6.02. The number of ether oxygens (including phenoxy) is 1. The summed E-state index contributed by atoms with van der Waals surface area (Å²) < 4.78 is 34.3. The number of rotatable bonds is 11. The summed E-state index contributed by atoms with van der Waals surface area (Å²) in [5, 5.41) is 3.51. The maximum Gasteiger partial charge on any atom is 0.264 e. The average Bonchev–Trinajstić information content (AvgIpc) is 2.99. The Hall–Kier alpha value is -3.56. The molecule has 0 spiro atoms. The zero-order chi connectivity index (χ0) is 30.3. The molecular weight excluding hydrogens is 574 g/mol. The molecule has 224 valence electrons. The lowest BCUT2D eigenvalue weighted by atomic mass is 9.95.